The monoisotopic (exact) mass is 286 g/mol. The van der Waals surface area contributed by atoms with Crippen molar-refractivity contribution in [1.82, 2.24) is 20.8 Å². The molecule has 1 aromatic carbocycles. The lowest BCUT2D eigenvalue weighted by Crippen LogP contribution is -2.50. The zero-order valence-electron chi connectivity index (χ0n) is 11.2. The number of hydrogen-bond donors (Lipinski definition) is 2. The Hall–Kier alpha value is -2.54. The Morgan fingerprint density at radius 3 is 2.81 bits per heavy atom. The average molecular weight is 286 g/mol. The summed E-state index contributed by atoms with van der Waals surface area (Å²) in [6, 6.07) is 9.04. The predicted octanol–water partition coefficient (Wildman–Crippen LogP) is 0.631. The molecule has 1 aliphatic rings. The fourth-order valence-electron chi connectivity index (χ4n) is 2.12. The summed E-state index contributed by atoms with van der Waals surface area (Å²) in [5, 5.41) is 13.2. The molecule has 21 heavy (non-hydrogen) atoms. The lowest BCUT2D eigenvalue weighted by molar-refractivity contribution is -0.134. The Labute approximate surface area is 120 Å². The molecule has 2 aromatic rings. The molecule has 108 valence electrons. The van der Waals surface area contributed by atoms with Crippen LogP contribution in [-0.2, 0) is 16.1 Å². The topological polar surface area (TPSA) is 97.1 Å². The Balaban J connectivity index is 1.60. The first-order chi connectivity index (χ1) is 10.2. The van der Waals surface area contributed by atoms with Crippen LogP contribution < -0.4 is 10.6 Å². The maximum atomic E-state index is 11.6. The molecule has 7 heteroatoms. The number of carbonyl (C=O) groups is 2. The number of rotatable bonds is 4. The second-order valence-electron chi connectivity index (χ2n) is 4.75. The number of benzene rings is 1. The smallest absolute Gasteiger partial charge is 0.247 e. The summed E-state index contributed by atoms with van der Waals surface area (Å²) in [5.74, 6) is 0.297. The Morgan fingerprint density at radius 1 is 1.24 bits per heavy atom. The number of piperidine rings is 1. The van der Waals surface area contributed by atoms with Gasteiger partial charge < -0.3 is 4.42 Å². The largest absolute Gasteiger partial charge is 0.419 e. The van der Waals surface area contributed by atoms with Crippen molar-refractivity contribution >= 4 is 11.8 Å². The van der Waals surface area contributed by atoms with Crippen LogP contribution >= 0.6 is 0 Å². The maximum absolute atomic E-state index is 11.6. The number of aromatic nitrogens is 2. The lowest BCUT2D eigenvalue weighted by atomic mass is 10.1. The quantitative estimate of drug-likeness (QED) is 0.800. The highest BCUT2D eigenvalue weighted by atomic mass is 16.4. The number of imide groups is 1. The molecule has 0 radical (unpaired) electrons. The van der Waals surface area contributed by atoms with Crippen LogP contribution in [0.5, 0.6) is 0 Å². The molecule has 0 saturated carbocycles. The van der Waals surface area contributed by atoms with Crippen LogP contribution in [-0.4, -0.2) is 28.1 Å². The SMILES string of the molecule is O=C1CCC(NCc2nnc(-c3ccccc3)o2)C(=O)N1. The van der Waals surface area contributed by atoms with Crippen LogP contribution in [0.4, 0.5) is 0 Å². The van der Waals surface area contributed by atoms with Crippen molar-refractivity contribution in [2.75, 3.05) is 0 Å². The van der Waals surface area contributed by atoms with E-state index in [2.05, 4.69) is 20.8 Å². The number of nitrogens with one attached hydrogen (secondary N) is 2. The van der Waals surface area contributed by atoms with E-state index in [1.807, 2.05) is 30.3 Å². The molecule has 1 aliphatic heterocycles. The first-order valence-corrected chi connectivity index (χ1v) is 6.67. The standard InChI is InChI=1S/C14H14N4O3/c19-11-7-6-10(13(20)16-11)15-8-12-17-18-14(21-12)9-4-2-1-3-5-9/h1-5,10,15H,6-8H2,(H,16,19,20). The molecule has 7 nitrogen and oxygen atoms in total. The van der Waals surface area contributed by atoms with Gasteiger partial charge in [-0.3, -0.25) is 20.2 Å². The molecule has 1 atom stereocenters. The van der Waals surface area contributed by atoms with Crippen LogP contribution in [0.25, 0.3) is 11.5 Å². The van der Waals surface area contributed by atoms with E-state index in [1.54, 1.807) is 0 Å². The molecule has 0 spiro atoms. The van der Waals surface area contributed by atoms with Crippen molar-refractivity contribution in [3.05, 3.63) is 36.2 Å². The highest BCUT2D eigenvalue weighted by molar-refractivity contribution is 6.00. The zero-order chi connectivity index (χ0) is 14.7. The minimum atomic E-state index is -0.408. The van der Waals surface area contributed by atoms with E-state index in [1.165, 1.54) is 0 Å². The van der Waals surface area contributed by atoms with E-state index in [-0.39, 0.29) is 18.4 Å². The Kier molecular flexibility index (Phi) is 3.74. The van der Waals surface area contributed by atoms with Gasteiger partial charge in [-0.05, 0) is 18.6 Å². The van der Waals surface area contributed by atoms with E-state index in [4.69, 9.17) is 4.42 Å². The molecule has 2 amide bonds. The number of amides is 2. The van der Waals surface area contributed by atoms with Crippen molar-refractivity contribution in [2.24, 2.45) is 0 Å². The second-order valence-corrected chi connectivity index (χ2v) is 4.75. The minimum Gasteiger partial charge on any atom is -0.419 e. The van der Waals surface area contributed by atoms with E-state index < -0.39 is 6.04 Å². The molecule has 1 unspecified atom stereocenters. The number of hydrogen-bond acceptors (Lipinski definition) is 6. The van der Waals surface area contributed by atoms with Crippen molar-refractivity contribution in [2.45, 2.75) is 25.4 Å². The molecule has 2 N–H and O–H groups in total. The zero-order valence-corrected chi connectivity index (χ0v) is 11.2. The number of nitrogens with zero attached hydrogens (tertiary/aromatic N) is 2. The van der Waals surface area contributed by atoms with Crippen molar-refractivity contribution in [3.8, 4) is 11.5 Å². The van der Waals surface area contributed by atoms with Gasteiger partial charge in [-0.25, -0.2) is 0 Å². The van der Waals surface area contributed by atoms with Gasteiger partial charge in [0.15, 0.2) is 0 Å². The summed E-state index contributed by atoms with van der Waals surface area (Å²) in [6.07, 6.45) is 0.812. The van der Waals surface area contributed by atoms with Gasteiger partial charge in [-0.15, -0.1) is 10.2 Å². The van der Waals surface area contributed by atoms with Gasteiger partial charge in [0.25, 0.3) is 0 Å². The average Bonchev–Trinajstić information content (AvgIpc) is 2.96. The van der Waals surface area contributed by atoms with Crippen molar-refractivity contribution < 1.29 is 14.0 Å². The van der Waals surface area contributed by atoms with Crippen molar-refractivity contribution in [1.29, 1.82) is 0 Å². The molecule has 3 rings (SSSR count). The maximum Gasteiger partial charge on any atom is 0.247 e. The summed E-state index contributed by atoms with van der Waals surface area (Å²) in [4.78, 5) is 22.6. The lowest BCUT2D eigenvalue weighted by Gasteiger charge is -2.20. The van der Waals surface area contributed by atoms with Gasteiger partial charge in [0.1, 0.15) is 0 Å². The van der Waals surface area contributed by atoms with Gasteiger partial charge in [-0.1, -0.05) is 18.2 Å². The predicted molar refractivity (Wildman–Crippen MR) is 72.7 cm³/mol. The molecule has 1 saturated heterocycles. The van der Waals surface area contributed by atoms with Gasteiger partial charge in [0.05, 0.1) is 12.6 Å². The third-order valence-electron chi connectivity index (χ3n) is 3.23. The fraction of sp³-hybridized carbons (Fsp3) is 0.286. The van der Waals surface area contributed by atoms with E-state index in [0.29, 0.717) is 24.6 Å². The van der Waals surface area contributed by atoms with E-state index in [9.17, 15) is 9.59 Å². The molecular weight excluding hydrogens is 272 g/mol. The first-order valence-electron chi connectivity index (χ1n) is 6.67. The summed E-state index contributed by atoms with van der Waals surface area (Å²) in [7, 11) is 0. The summed E-state index contributed by atoms with van der Waals surface area (Å²) in [6.45, 7) is 0.284. The molecule has 1 aromatic heterocycles. The fourth-order valence-corrected chi connectivity index (χ4v) is 2.12. The third-order valence-corrected chi connectivity index (χ3v) is 3.23. The highest BCUT2D eigenvalue weighted by Crippen LogP contribution is 2.17. The normalized spacial score (nSPS) is 18.6. The molecule has 0 aliphatic carbocycles. The van der Waals surface area contributed by atoms with Gasteiger partial charge in [0.2, 0.25) is 23.6 Å². The minimum absolute atomic E-state index is 0.234. The van der Waals surface area contributed by atoms with Crippen LogP contribution in [0.2, 0.25) is 0 Å². The van der Waals surface area contributed by atoms with Crippen LogP contribution in [0.1, 0.15) is 18.7 Å². The Morgan fingerprint density at radius 2 is 2.05 bits per heavy atom. The first kappa shape index (κ1) is 13.4. The summed E-state index contributed by atoms with van der Waals surface area (Å²) < 4.78 is 5.53. The molecular formula is C14H14N4O3. The summed E-state index contributed by atoms with van der Waals surface area (Å²) in [5.41, 5.74) is 0.845. The van der Waals surface area contributed by atoms with Crippen molar-refractivity contribution in [3.63, 3.8) is 0 Å². The van der Waals surface area contributed by atoms with Crippen LogP contribution in [0, 0.1) is 0 Å². The molecule has 2 heterocycles. The van der Waals surface area contributed by atoms with Gasteiger partial charge in [0, 0.05) is 12.0 Å². The third kappa shape index (κ3) is 3.14. The van der Waals surface area contributed by atoms with E-state index in [0.717, 1.165) is 5.56 Å². The second kappa shape index (κ2) is 5.84. The van der Waals surface area contributed by atoms with Gasteiger partial charge >= 0.3 is 0 Å². The van der Waals surface area contributed by atoms with Crippen LogP contribution in [0.15, 0.2) is 34.7 Å². The van der Waals surface area contributed by atoms with Gasteiger partial charge in [-0.2, -0.15) is 0 Å². The Bertz CT molecular complexity index is 653. The number of carbonyl (C=O) groups excluding carboxylic acids is 2. The van der Waals surface area contributed by atoms with E-state index >= 15 is 0 Å². The van der Waals surface area contributed by atoms with Crippen LogP contribution in [0.3, 0.4) is 0 Å². The molecule has 1 fully saturated rings. The molecule has 0 bridgehead atoms. The summed E-state index contributed by atoms with van der Waals surface area (Å²) >= 11 is 0. The highest BCUT2D eigenvalue weighted by Gasteiger charge is 2.26.